The van der Waals surface area contributed by atoms with Crippen molar-refractivity contribution in [3.63, 3.8) is 0 Å². The molecule has 1 aliphatic carbocycles. The lowest BCUT2D eigenvalue weighted by Gasteiger charge is -2.29. The molecular formula is C9H19N5. The van der Waals surface area contributed by atoms with E-state index in [4.69, 9.17) is 22.3 Å². The lowest BCUT2D eigenvalue weighted by atomic mass is 10.1. The van der Waals surface area contributed by atoms with Gasteiger partial charge < -0.3 is 11.5 Å². The highest BCUT2D eigenvalue weighted by atomic mass is 15.3. The SMILES string of the molecule is N=C(N)N(C(=N)N)C1CCCCCC1. The quantitative estimate of drug-likeness (QED) is 0.284. The smallest absolute Gasteiger partial charge is 0.195 e. The van der Waals surface area contributed by atoms with Crippen LogP contribution in [0.25, 0.3) is 0 Å². The summed E-state index contributed by atoms with van der Waals surface area (Å²) in [4.78, 5) is 1.44. The summed E-state index contributed by atoms with van der Waals surface area (Å²) in [5.74, 6) is -0.214. The van der Waals surface area contributed by atoms with E-state index in [0.717, 1.165) is 25.7 Å². The van der Waals surface area contributed by atoms with Crippen LogP contribution in [0.1, 0.15) is 38.5 Å². The molecular weight excluding hydrogens is 178 g/mol. The van der Waals surface area contributed by atoms with Crippen LogP contribution < -0.4 is 11.5 Å². The average Bonchev–Trinajstić information content (AvgIpc) is 2.31. The fraction of sp³-hybridized carbons (Fsp3) is 0.778. The largest absolute Gasteiger partial charge is 0.370 e. The summed E-state index contributed by atoms with van der Waals surface area (Å²) in [7, 11) is 0. The predicted octanol–water partition coefficient (Wildman–Crippen LogP) is 0.798. The topological polar surface area (TPSA) is 103 Å². The molecule has 0 spiro atoms. The molecule has 0 saturated heterocycles. The Labute approximate surface area is 84.5 Å². The van der Waals surface area contributed by atoms with E-state index in [1.807, 2.05) is 0 Å². The van der Waals surface area contributed by atoms with E-state index in [-0.39, 0.29) is 18.0 Å². The molecule has 6 N–H and O–H groups in total. The van der Waals surface area contributed by atoms with Crippen molar-refractivity contribution in [2.45, 2.75) is 44.6 Å². The Balaban J connectivity index is 2.65. The number of nitrogens with one attached hydrogen (secondary N) is 2. The highest BCUT2D eigenvalue weighted by molar-refractivity contribution is 5.94. The molecule has 0 aromatic carbocycles. The van der Waals surface area contributed by atoms with Crippen molar-refractivity contribution in [2.75, 3.05) is 0 Å². The summed E-state index contributed by atoms with van der Waals surface area (Å²) in [5.41, 5.74) is 10.8. The van der Waals surface area contributed by atoms with Crippen LogP contribution in [0.3, 0.4) is 0 Å². The van der Waals surface area contributed by atoms with E-state index >= 15 is 0 Å². The molecule has 0 aromatic heterocycles. The third-order valence-electron chi connectivity index (χ3n) is 2.71. The zero-order chi connectivity index (χ0) is 10.6. The molecule has 80 valence electrons. The minimum Gasteiger partial charge on any atom is -0.370 e. The standard InChI is InChI=1S/C9H19N5/c10-8(11)14(9(12)13)7-5-3-1-2-4-6-7/h7H,1-6H2,(H3,10,11)(H3,12,13). The Hall–Kier alpha value is -1.26. The summed E-state index contributed by atoms with van der Waals surface area (Å²) >= 11 is 0. The first-order valence-corrected chi connectivity index (χ1v) is 5.10. The van der Waals surface area contributed by atoms with Gasteiger partial charge in [0.2, 0.25) is 0 Å². The number of hydrogen-bond acceptors (Lipinski definition) is 2. The molecule has 0 amide bonds. The van der Waals surface area contributed by atoms with E-state index in [1.165, 1.54) is 17.7 Å². The van der Waals surface area contributed by atoms with Crippen LogP contribution in [0.4, 0.5) is 0 Å². The van der Waals surface area contributed by atoms with Crippen molar-refractivity contribution in [3.8, 4) is 0 Å². The molecule has 5 nitrogen and oxygen atoms in total. The summed E-state index contributed by atoms with van der Waals surface area (Å²) < 4.78 is 0. The van der Waals surface area contributed by atoms with Crippen molar-refractivity contribution < 1.29 is 0 Å². The molecule has 5 heteroatoms. The van der Waals surface area contributed by atoms with Gasteiger partial charge in [0.05, 0.1) is 0 Å². The normalized spacial score (nSPS) is 18.6. The number of nitrogens with two attached hydrogens (primary N) is 2. The van der Waals surface area contributed by atoms with Crippen molar-refractivity contribution in [3.05, 3.63) is 0 Å². The average molecular weight is 197 g/mol. The van der Waals surface area contributed by atoms with Crippen LogP contribution in [0.15, 0.2) is 0 Å². The zero-order valence-electron chi connectivity index (χ0n) is 8.42. The van der Waals surface area contributed by atoms with Gasteiger partial charge in [-0.25, -0.2) is 0 Å². The minimum atomic E-state index is -0.107. The molecule has 1 saturated carbocycles. The monoisotopic (exact) mass is 197 g/mol. The molecule has 0 unspecified atom stereocenters. The summed E-state index contributed by atoms with van der Waals surface area (Å²) in [6.07, 6.45) is 6.72. The number of hydrogen-bond donors (Lipinski definition) is 4. The van der Waals surface area contributed by atoms with Gasteiger partial charge in [-0.3, -0.25) is 15.7 Å². The van der Waals surface area contributed by atoms with Crippen molar-refractivity contribution in [2.24, 2.45) is 11.5 Å². The Morgan fingerprint density at radius 3 is 1.71 bits per heavy atom. The molecule has 0 radical (unpaired) electrons. The molecule has 1 fully saturated rings. The minimum absolute atomic E-state index is 0.107. The Bertz CT molecular complexity index is 203. The third-order valence-corrected chi connectivity index (χ3v) is 2.71. The lowest BCUT2D eigenvalue weighted by Crippen LogP contribution is -2.50. The van der Waals surface area contributed by atoms with Crippen LogP contribution in [0.5, 0.6) is 0 Å². The summed E-state index contributed by atoms with van der Waals surface area (Å²) in [6, 6.07) is 0.160. The van der Waals surface area contributed by atoms with Gasteiger partial charge >= 0.3 is 0 Å². The van der Waals surface area contributed by atoms with E-state index < -0.39 is 0 Å². The second-order valence-electron chi connectivity index (χ2n) is 3.79. The van der Waals surface area contributed by atoms with Gasteiger partial charge in [-0.15, -0.1) is 0 Å². The summed E-state index contributed by atoms with van der Waals surface area (Å²) in [5, 5.41) is 14.7. The van der Waals surface area contributed by atoms with Crippen LogP contribution >= 0.6 is 0 Å². The number of rotatable bonds is 1. The first kappa shape index (κ1) is 10.8. The highest BCUT2D eigenvalue weighted by Gasteiger charge is 2.22. The fourth-order valence-electron chi connectivity index (χ4n) is 2.04. The predicted molar refractivity (Wildman–Crippen MR) is 57.2 cm³/mol. The van der Waals surface area contributed by atoms with E-state index in [0.29, 0.717) is 0 Å². The van der Waals surface area contributed by atoms with Gasteiger partial charge in [-0.05, 0) is 12.8 Å². The van der Waals surface area contributed by atoms with Gasteiger partial charge in [-0.2, -0.15) is 0 Å². The highest BCUT2D eigenvalue weighted by Crippen LogP contribution is 2.21. The molecule has 1 aliphatic rings. The second kappa shape index (κ2) is 4.83. The third kappa shape index (κ3) is 2.61. The molecule has 14 heavy (non-hydrogen) atoms. The first-order valence-electron chi connectivity index (χ1n) is 5.10. The van der Waals surface area contributed by atoms with Gasteiger partial charge in [0, 0.05) is 6.04 Å². The van der Waals surface area contributed by atoms with Crippen molar-refractivity contribution >= 4 is 11.9 Å². The molecule has 0 atom stereocenters. The fourth-order valence-corrected chi connectivity index (χ4v) is 2.04. The maximum absolute atomic E-state index is 7.37. The second-order valence-corrected chi connectivity index (χ2v) is 3.79. The van der Waals surface area contributed by atoms with Crippen molar-refractivity contribution in [1.82, 2.24) is 4.90 Å². The maximum atomic E-state index is 7.37. The van der Waals surface area contributed by atoms with Crippen LogP contribution in [-0.2, 0) is 0 Å². The van der Waals surface area contributed by atoms with Gasteiger partial charge in [0.1, 0.15) is 0 Å². The molecule has 0 heterocycles. The van der Waals surface area contributed by atoms with E-state index in [1.54, 1.807) is 0 Å². The maximum Gasteiger partial charge on any atom is 0.195 e. The van der Waals surface area contributed by atoms with Gasteiger partial charge in [-0.1, -0.05) is 25.7 Å². The van der Waals surface area contributed by atoms with Gasteiger partial charge in [0.25, 0.3) is 0 Å². The van der Waals surface area contributed by atoms with Crippen molar-refractivity contribution in [1.29, 1.82) is 10.8 Å². The molecule has 1 rings (SSSR count). The zero-order valence-corrected chi connectivity index (χ0v) is 8.42. The van der Waals surface area contributed by atoms with Gasteiger partial charge in [0.15, 0.2) is 11.9 Å². The lowest BCUT2D eigenvalue weighted by molar-refractivity contribution is 0.379. The number of guanidine groups is 2. The molecule has 0 bridgehead atoms. The van der Waals surface area contributed by atoms with Crippen LogP contribution in [0.2, 0.25) is 0 Å². The molecule has 0 aliphatic heterocycles. The Kier molecular flexibility index (Phi) is 3.73. The Morgan fingerprint density at radius 1 is 0.929 bits per heavy atom. The van der Waals surface area contributed by atoms with Crippen LogP contribution in [-0.4, -0.2) is 22.9 Å². The first-order chi connectivity index (χ1) is 6.63. The van der Waals surface area contributed by atoms with E-state index in [2.05, 4.69) is 0 Å². The molecule has 0 aromatic rings. The number of nitrogens with zero attached hydrogens (tertiary/aromatic N) is 1. The van der Waals surface area contributed by atoms with Crippen LogP contribution in [0, 0.1) is 10.8 Å². The van der Waals surface area contributed by atoms with E-state index in [9.17, 15) is 0 Å². The Morgan fingerprint density at radius 2 is 1.36 bits per heavy atom. The summed E-state index contributed by atoms with van der Waals surface area (Å²) in [6.45, 7) is 0.